The number of rotatable bonds is 6. The van der Waals surface area contributed by atoms with Crippen LogP contribution in [0.5, 0.6) is 5.75 Å². The number of benzene rings is 2. The molecule has 0 bridgehead atoms. The molecule has 2 aromatic carbocycles. The van der Waals surface area contributed by atoms with Crippen LogP contribution in [0.4, 0.5) is 5.69 Å². The van der Waals surface area contributed by atoms with E-state index in [2.05, 4.69) is 16.0 Å². The molecule has 0 saturated heterocycles. The number of carbonyl (C=O) groups excluding carboxylic acids is 2. The van der Waals surface area contributed by atoms with Gasteiger partial charge in [-0.2, -0.15) is 0 Å². The van der Waals surface area contributed by atoms with Crippen LogP contribution in [0.25, 0.3) is 0 Å². The summed E-state index contributed by atoms with van der Waals surface area (Å²) in [4.78, 5) is 25.5. The lowest BCUT2D eigenvalue weighted by molar-refractivity contribution is 0.0927. The van der Waals surface area contributed by atoms with Crippen molar-refractivity contribution in [2.75, 3.05) is 5.32 Å². The fraction of sp³-hybridized carbons (Fsp3) is 0.375. The van der Waals surface area contributed by atoms with Crippen molar-refractivity contribution in [3.05, 3.63) is 59.7 Å². The maximum Gasteiger partial charge on any atom is 0.261 e. The Morgan fingerprint density at radius 2 is 1.58 bits per heavy atom. The first kappa shape index (κ1) is 22.7. The number of carbonyl (C=O) groups is 2. The van der Waals surface area contributed by atoms with E-state index in [1.807, 2.05) is 32.0 Å². The average Bonchev–Trinajstić information content (AvgIpc) is 2.74. The molecule has 0 aromatic heterocycles. The number of hydrogen-bond acceptors (Lipinski definition) is 4. The third kappa shape index (κ3) is 6.52. The Morgan fingerprint density at radius 1 is 0.935 bits per heavy atom. The number of nitrogens with one attached hydrogen (secondary N) is 3. The summed E-state index contributed by atoms with van der Waals surface area (Å²) in [6.07, 6.45) is 5.46. The Morgan fingerprint density at radius 3 is 2.29 bits per heavy atom. The van der Waals surface area contributed by atoms with Gasteiger partial charge in [0.05, 0.1) is 22.9 Å². The van der Waals surface area contributed by atoms with Gasteiger partial charge < -0.3 is 15.4 Å². The number of thiocarbonyl (C=S) groups is 1. The summed E-state index contributed by atoms with van der Waals surface area (Å²) in [6, 6.07) is 14.4. The molecule has 1 fully saturated rings. The first-order valence-electron chi connectivity index (χ1n) is 10.7. The minimum absolute atomic E-state index is 0.0615. The molecule has 0 radical (unpaired) electrons. The molecular weight excluding hydrogens is 410 g/mol. The molecule has 3 N–H and O–H groups in total. The van der Waals surface area contributed by atoms with Crippen LogP contribution in [0.15, 0.2) is 48.5 Å². The van der Waals surface area contributed by atoms with E-state index in [-0.39, 0.29) is 29.1 Å². The van der Waals surface area contributed by atoms with Gasteiger partial charge in [-0.1, -0.05) is 43.5 Å². The van der Waals surface area contributed by atoms with Gasteiger partial charge in [0.2, 0.25) is 0 Å². The molecule has 164 valence electrons. The van der Waals surface area contributed by atoms with E-state index in [1.54, 1.807) is 30.3 Å². The quantitative estimate of drug-likeness (QED) is 0.571. The van der Waals surface area contributed by atoms with E-state index in [0.29, 0.717) is 22.6 Å². The van der Waals surface area contributed by atoms with Crippen LogP contribution in [-0.2, 0) is 0 Å². The van der Waals surface area contributed by atoms with E-state index in [4.69, 9.17) is 17.0 Å². The lowest BCUT2D eigenvalue weighted by Crippen LogP contribution is -2.38. The van der Waals surface area contributed by atoms with Crippen LogP contribution in [0.2, 0.25) is 0 Å². The molecule has 6 nitrogen and oxygen atoms in total. The van der Waals surface area contributed by atoms with Crippen molar-refractivity contribution in [2.24, 2.45) is 0 Å². The molecule has 0 heterocycles. The predicted molar refractivity (Wildman–Crippen MR) is 127 cm³/mol. The van der Waals surface area contributed by atoms with Gasteiger partial charge in [0.15, 0.2) is 5.11 Å². The van der Waals surface area contributed by atoms with Crippen LogP contribution >= 0.6 is 12.2 Å². The van der Waals surface area contributed by atoms with Gasteiger partial charge in [-0.25, -0.2) is 0 Å². The maximum absolute atomic E-state index is 12.8. The van der Waals surface area contributed by atoms with Crippen molar-refractivity contribution >= 4 is 34.8 Å². The zero-order valence-electron chi connectivity index (χ0n) is 17.9. The van der Waals surface area contributed by atoms with Crippen LogP contribution < -0.4 is 20.7 Å². The number of hydrogen-bond donors (Lipinski definition) is 3. The average molecular weight is 440 g/mol. The highest BCUT2D eigenvalue weighted by Gasteiger charge is 2.19. The number of ether oxygens (including phenoxy) is 1. The fourth-order valence-electron chi connectivity index (χ4n) is 3.64. The van der Waals surface area contributed by atoms with Crippen LogP contribution in [0.3, 0.4) is 0 Å². The maximum atomic E-state index is 12.8. The van der Waals surface area contributed by atoms with Crippen molar-refractivity contribution in [1.29, 1.82) is 0 Å². The second-order valence-electron chi connectivity index (χ2n) is 7.92. The summed E-state index contributed by atoms with van der Waals surface area (Å²) in [5, 5.41) is 8.89. The minimum atomic E-state index is -0.377. The third-order valence-electron chi connectivity index (χ3n) is 5.08. The Labute approximate surface area is 188 Å². The fourth-order valence-corrected chi connectivity index (χ4v) is 3.84. The van der Waals surface area contributed by atoms with Gasteiger partial charge in [-0.05, 0) is 63.2 Å². The normalized spacial score (nSPS) is 14.0. The first-order valence-corrected chi connectivity index (χ1v) is 11.1. The van der Waals surface area contributed by atoms with Crippen LogP contribution in [0.1, 0.15) is 66.7 Å². The second kappa shape index (κ2) is 10.9. The summed E-state index contributed by atoms with van der Waals surface area (Å²) in [6.45, 7) is 3.80. The topological polar surface area (TPSA) is 79.5 Å². The Hall–Kier alpha value is -2.93. The van der Waals surface area contributed by atoms with Gasteiger partial charge in [0.1, 0.15) is 5.75 Å². The number of para-hydroxylation sites is 2. The molecule has 1 aliphatic rings. The highest BCUT2D eigenvalue weighted by Crippen LogP contribution is 2.21. The van der Waals surface area contributed by atoms with Crippen molar-refractivity contribution in [3.63, 3.8) is 0 Å². The molecule has 0 spiro atoms. The van der Waals surface area contributed by atoms with Crippen molar-refractivity contribution in [3.8, 4) is 5.75 Å². The van der Waals surface area contributed by atoms with Gasteiger partial charge in [-0.3, -0.25) is 14.9 Å². The van der Waals surface area contributed by atoms with Gasteiger partial charge in [0.25, 0.3) is 11.8 Å². The molecule has 3 rings (SSSR count). The zero-order chi connectivity index (χ0) is 22.2. The summed E-state index contributed by atoms with van der Waals surface area (Å²) < 4.78 is 5.71. The lowest BCUT2D eigenvalue weighted by Gasteiger charge is -2.23. The van der Waals surface area contributed by atoms with E-state index in [1.165, 1.54) is 6.42 Å². The Bertz CT molecular complexity index is 939. The summed E-state index contributed by atoms with van der Waals surface area (Å²) >= 11 is 5.34. The van der Waals surface area contributed by atoms with E-state index in [0.717, 1.165) is 25.7 Å². The SMILES string of the molecule is CC(C)Oc1ccccc1C(=O)NC(=S)Nc1ccccc1C(=O)NC1CCCCC1. The molecule has 0 unspecified atom stereocenters. The molecule has 1 aliphatic carbocycles. The standard InChI is InChI=1S/C24H29N3O3S/c1-16(2)30-21-15-9-7-13-19(21)23(29)27-24(31)26-20-14-8-6-12-18(20)22(28)25-17-10-4-3-5-11-17/h6-9,12-17H,3-5,10-11H2,1-2H3,(H,25,28)(H2,26,27,29,31). The van der Waals surface area contributed by atoms with E-state index < -0.39 is 0 Å². The zero-order valence-corrected chi connectivity index (χ0v) is 18.8. The molecule has 2 aromatic rings. The molecule has 1 saturated carbocycles. The summed E-state index contributed by atoms with van der Waals surface area (Å²) in [5.41, 5.74) is 1.43. The minimum Gasteiger partial charge on any atom is -0.490 e. The highest BCUT2D eigenvalue weighted by molar-refractivity contribution is 7.80. The Balaban J connectivity index is 1.66. The van der Waals surface area contributed by atoms with E-state index in [9.17, 15) is 9.59 Å². The first-order chi connectivity index (χ1) is 14.9. The number of amides is 2. The monoisotopic (exact) mass is 439 g/mol. The summed E-state index contributed by atoms with van der Waals surface area (Å²) in [5.74, 6) is -0.0252. The van der Waals surface area contributed by atoms with Crippen LogP contribution in [0, 0.1) is 0 Å². The predicted octanol–water partition coefficient (Wildman–Crippen LogP) is 4.66. The van der Waals surface area contributed by atoms with Crippen LogP contribution in [-0.4, -0.2) is 29.1 Å². The Kier molecular flexibility index (Phi) is 8.00. The second-order valence-corrected chi connectivity index (χ2v) is 8.33. The molecule has 7 heteroatoms. The summed E-state index contributed by atoms with van der Waals surface area (Å²) in [7, 11) is 0. The molecule has 2 amide bonds. The lowest BCUT2D eigenvalue weighted by atomic mass is 9.95. The van der Waals surface area contributed by atoms with Crippen molar-refractivity contribution in [1.82, 2.24) is 10.6 Å². The van der Waals surface area contributed by atoms with Crippen molar-refractivity contribution in [2.45, 2.75) is 58.1 Å². The molecular formula is C24H29N3O3S. The van der Waals surface area contributed by atoms with Crippen molar-refractivity contribution < 1.29 is 14.3 Å². The smallest absolute Gasteiger partial charge is 0.261 e. The third-order valence-corrected chi connectivity index (χ3v) is 5.29. The van der Waals surface area contributed by atoms with Gasteiger partial charge in [0, 0.05) is 6.04 Å². The molecule has 0 aliphatic heterocycles. The van der Waals surface area contributed by atoms with E-state index >= 15 is 0 Å². The largest absolute Gasteiger partial charge is 0.490 e. The molecule has 31 heavy (non-hydrogen) atoms. The number of anilines is 1. The van der Waals surface area contributed by atoms with Gasteiger partial charge >= 0.3 is 0 Å². The van der Waals surface area contributed by atoms with Gasteiger partial charge in [-0.15, -0.1) is 0 Å². The highest BCUT2D eigenvalue weighted by atomic mass is 32.1. The molecule has 0 atom stereocenters.